The molecule has 1 aliphatic heterocycles. The molecule has 1 heterocycles. The lowest BCUT2D eigenvalue weighted by Gasteiger charge is -2.31. The highest BCUT2D eigenvalue weighted by atomic mass is 32.2. The summed E-state index contributed by atoms with van der Waals surface area (Å²) in [5.41, 5.74) is 1.94. The number of ether oxygens (including phenoxy) is 2. The molecule has 0 spiro atoms. The van der Waals surface area contributed by atoms with Gasteiger partial charge < -0.3 is 14.8 Å². The first kappa shape index (κ1) is 26.2. The summed E-state index contributed by atoms with van der Waals surface area (Å²) >= 11 is 0. The minimum absolute atomic E-state index is 0.0752. The minimum atomic E-state index is -3.63. The molecule has 3 rings (SSSR count). The van der Waals surface area contributed by atoms with Crippen LogP contribution in [0, 0.1) is 6.92 Å². The van der Waals surface area contributed by atoms with Gasteiger partial charge in [-0.1, -0.05) is 25.1 Å². The maximum absolute atomic E-state index is 12.8. The monoisotopic (exact) mass is 489 g/mol. The second-order valence-electron chi connectivity index (χ2n) is 8.48. The molecule has 1 fully saturated rings. The van der Waals surface area contributed by atoms with Gasteiger partial charge in [-0.3, -0.25) is 9.69 Å². The van der Waals surface area contributed by atoms with Crippen LogP contribution in [0.5, 0.6) is 5.75 Å². The average Bonchev–Trinajstić information content (AvgIpc) is 2.83. The van der Waals surface area contributed by atoms with Crippen LogP contribution in [0.1, 0.15) is 41.3 Å². The second-order valence-corrected chi connectivity index (χ2v) is 10.2. The van der Waals surface area contributed by atoms with Crippen molar-refractivity contribution < 1.29 is 22.7 Å². The molecule has 34 heavy (non-hydrogen) atoms. The Kier molecular flexibility index (Phi) is 9.46. The van der Waals surface area contributed by atoms with E-state index >= 15 is 0 Å². The molecule has 0 atom stereocenters. The van der Waals surface area contributed by atoms with Crippen molar-refractivity contribution in [2.24, 2.45) is 0 Å². The van der Waals surface area contributed by atoms with Crippen molar-refractivity contribution in [2.75, 3.05) is 40.0 Å². The maximum Gasteiger partial charge on any atom is 0.251 e. The van der Waals surface area contributed by atoms with E-state index in [2.05, 4.69) is 22.0 Å². The number of hydrogen-bond acceptors (Lipinski definition) is 6. The Morgan fingerprint density at radius 1 is 1.18 bits per heavy atom. The van der Waals surface area contributed by atoms with E-state index < -0.39 is 10.0 Å². The van der Waals surface area contributed by atoms with Crippen LogP contribution in [0.15, 0.2) is 47.4 Å². The summed E-state index contributed by atoms with van der Waals surface area (Å²) < 4.78 is 38.4. The van der Waals surface area contributed by atoms with Crippen molar-refractivity contribution in [1.29, 1.82) is 0 Å². The fourth-order valence-electron chi connectivity index (χ4n) is 3.93. The molecule has 0 unspecified atom stereocenters. The number of benzene rings is 2. The summed E-state index contributed by atoms with van der Waals surface area (Å²) in [5, 5.41) is 2.88. The first-order chi connectivity index (χ1) is 16.3. The van der Waals surface area contributed by atoms with Gasteiger partial charge in [0, 0.05) is 44.5 Å². The van der Waals surface area contributed by atoms with Gasteiger partial charge in [0.25, 0.3) is 5.91 Å². The van der Waals surface area contributed by atoms with Gasteiger partial charge in [0.15, 0.2) is 0 Å². The van der Waals surface area contributed by atoms with Crippen LogP contribution < -0.4 is 14.8 Å². The first-order valence-electron chi connectivity index (χ1n) is 11.7. The molecular formula is C25H35N3O5S. The number of sulfonamides is 1. The average molecular weight is 490 g/mol. The summed E-state index contributed by atoms with van der Waals surface area (Å²) in [4.78, 5) is 15.2. The molecule has 0 radical (unpaired) electrons. The lowest BCUT2D eigenvalue weighted by atomic mass is 10.1. The molecule has 0 saturated carbocycles. The van der Waals surface area contributed by atoms with E-state index in [9.17, 15) is 13.2 Å². The van der Waals surface area contributed by atoms with E-state index in [1.165, 1.54) is 12.1 Å². The number of aryl methyl sites for hydroxylation is 1. The van der Waals surface area contributed by atoms with Crippen LogP contribution in [0.2, 0.25) is 0 Å². The topological polar surface area (TPSA) is 97.0 Å². The van der Waals surface area contributed by atoms with E-state index in [0.29, 0.717) is 30.3 Å². The van der Waals surface area contributed by atoms with E-state index in [4.69, 9.17) is 9.47 Å². The Morgan fingerprint density at radius 3 is 2.68 bits per heavy atom. The minimum Gasteiger partial charge on any atom is -0.492 e. The van der Waals surface area contributed by atoms with Crippen LogP contribution in [-0.2, 0) is 21.3 Å². The molecule has 9 heteroatoms. The van der Waals surface area contributed by atoms with Crippen LogP contribution in [-0.4, -0.2) is 65.2 Å². The molecule has 0 bridgehead atoms. The number of nitrogens with zero attached hydrogens (tertiary/aromatic N) is 1. The lowest BCUT2D eigenvalue weighted by Crippen LogP contribution is -2.38. The van der Waals surface area contributed by atoms with Gasteiger partial charge >= 0.3 is 0 Å². The van der Waals surface area contributed by atoms with Gasteiger partial charge in [0.05, 0.1) is 4.90 Å². The Hall–Kier alpha value is -2.46. The molecule has 2 N–H and O–H groups in total. The zero-order chi connectivity index (χ0) is 24.6. The summed E-state index contributed by atoms with van der Waals surface area (Å²) in [7, 11) is -1.52. The smallest absolute Gasteiger partial charge is 0.251 e. The van der Waals surface area contributed by atoms with Crippen molar-refractivity contribution in [3.05, 3.63) is 59.2 Å². The van der Waals surface area contributed by atoms with Crippen molar-refractivity contribution in [3.63, 3.8) is 0 Å². The second kappa shape index (κ2) is 12.3. The van der Waals surface area contributed by atoms with Crippen molar-refractivity contribution in [1.82, 2.24) is 14.9 Å². The number of carbonyl (C=O) groups excluding carboxylic acids is 1. The lowest BCUT2D eigenvalue weighted by molar-refractivity contribution is 0.0392. The molecule has 2 aromatic rings. The number of rotatable bonds is 11. The number of amides is 1. The maximum atomic E-state index is 12.8. The third kappa shape index (κ3) is 7.27. The van der Waals surface area contributed by atoms with E-state index in [1.807, 2.05) is 24.3 Å². The third-order valence-electron chi connectivity index (χ3n) is 5.98. The highest BCUT2D eigenvalue weighted by Gasteiger charge is 2.19. The third-order valence-corrected chi connectivity index (χ3v) is 7.52. The quantitative estimate of drug-likeness (QED) is 0.504. The Balaban J connectivity index is 1.54. The Morgan fingerprint density at radius 2 is 1.94 bits per heavy atom. The largest absolute Gasteiger partial charge is 0.492 e. The zero-order valence-electron chi connectivity index (χ0n) is 20.2. The summed E-state index contributed by atoms with van der Waals surface area (Å²) in [6.45, 7) is 7.13. The number of likely N-dealkylation sites (N-methyl/N-ethyl adjacent to an activating group) is 1. The number of carbonyl (C=O) groups is 1. The SMILES string of the molecule is CCNS(=O)(=O)c1ccc(C)c(C(=O)NCc2cccc(OCCN(C)C3CCOCC3)c2)c1. The van der Waals surface area contributed by atoms with Gasteiger partial charge in [0.1, 0.15) is 12.4 Å². The van der Waals surface area contributed by atoms with Crippen LogP contribution in [0.4, 0.5) is 0 Å². The van der Waals surface area contributed by atoms with Crippen molar-refractivity contribution in [2.45, 2.75) is 44.2 Å². The number of nitrogens with one attached hydrogen (secondary N) is 2. The molecule has 2 aromatic carbocycles. The number of hydrogen-bond donors (Lipinski definition) is 2. The molecule has 0 aliphatic carbocycles. The van der Waals surface area contributed by atoms with Crippen molar-refractivity contribution in [3.8, 4) is 5.75 Å². The van der Waals surface area contributed by atoms with Crippen molar-refractivity contribution >= 4 is 15.9 Å². The van der Waals surface area contributed by atoms with Gasteiger partial charge in [-0.25, -0.2) is 13.1 Å². The molecule has 186 valence electrons. The van der Waals surface area contributed by atoms with Crippen LogP contribution in [0.3, 0.4) is 0 Å². The zero-order valence-corrected chi connectivity index (χ0v) is 21.0. The summed E-state index contributed by atoms with van der Waals surface area (Å²) in [5.74, 6) is 0.428. The standard InChI is InChI=1S/C25H35N3O5S/c1-4-27-34(30,31)23-9-8-19(2)24(17-23)25(29)26-18-20-6-5-7-22(16-20)33-15-12-28(3)21-10-13-32-14-11-21/h5-9,16-17,21,27H,4,10-15,18H2,1-3H3,(H,26,29). The van der Waals surface area contributed by atoms with E-state index in [-0.39, 0.29) is 17.3 Å². The van der Waals surface area contributed by atoms with E-state index in [1.54, 1.807) is 19.9 Å². The highest BCUT2D eigenvalue weighted by Crippen LogP contribution is 2.18. The normalized spacial score (nSPS) is 14.8. The predicted octanol–water partition coefficient (Wildman–Crippen LogP) is 2.71. The predicted molar refractivity (Wildman–Crippen MR) is 132 cm³/mol. The van der Waals surface area contributed by atoms with Gasteiger partial charge in [0.2, 0.25) is 10.0 Å². The van der Waals surface area contributed by atoms with Gasteiger partial charge in [-0.05, 0) is 62.2 Å². The van der Waals surface area contributed by atoms with Crippen LogP contribution in [0.25, 0.3) is 0 Å². The van der Waals surface area contributed by atoms with Crippen LogP contribution >= 0.6 is 0 Å². The molecule has 1 aliphatic rings. The molecule has 0 aromatic heterocycles. The fourth-order valence-corrected chi connectivity index (χ4v) is 4.99. The molecule has 8 nitrogen and oxygen atoms in total. The molecule has 1 saturated heterocycles. The Labute approximate surface area is 202 Å². The fraction of sp³-hybridized carbons (Fsp3) is 0.480. The molecule has 1 amide bonds. The molecular weight excluding hydrogens is 454 g/mol. The first-order valence-corrected chi connectivity index (χ1v) is 13.2. The Bertz CT molecular complexity index is 1070. The van der Waals surface area contributed by atoms with Gasteiger partial charge in [-0.15, -0.1) is 0 Å². The highest BCUT2D eigenvalue weighted by molar-refractivity contribution is 7.89. The summed E-state index contributed by atoms with van der Waals surface area (Å²) in [6.07, 6.45) is 2.10. The van der Waals surface area contributed by atoms with Gasteiger partial charge in [-0.2, -0.15) is 0 Å². The van der Waals surface area contributed by atoms with E-state index in [0.717, 1.165) is 43.9 Å². The summed E-state index contributed by atoms with van der Waals surface area (Å²) in [6, 6.07) is 12.7.